The zero-order valence-corrected chi connectivity index (χ0v) is 22.1. The second-order valence-electron chi connectivity index (χ2n) is 10.7. The van der Waals surface area contributed by atoms with Crippen molar-refractivity contribution in [3.63, 3.8) is 0 Å². The van der Waals surface area contributed by atoms with Gasteiger partial charge in [-0.25, -0.2) is 4.39 Å². The van der Waals surface area contributed by atoms with Crippen LogP contribution in [-0.4, -0.2) is 71.8 Å². The highest BCUT2D eigenvalue weighted by molar-refractivity contribution is 6.35. The predicted molar refractivity (Wildman–Crippen MR) is 151 cm³/mol. The summed E-state index contributed by atoms with van der Waals surface area (Å²) >= 11 is 6.85. The highest BCUT2D eigenvalue weighted by Crippen LogP contribution is 2.42. The van der Waals surface area contributed by atoms with Crippen molar-refractivity contribution < 1.29 is 9.13 Å². The highest BCUT2D eigenvalue weighted by Gasteiger charge is 2.35. The molecule has 38 heavy (non-hydrogen) atoms. The van der Waals surface area contributed by atoms with E-state index < -0.39 is 5.82 Å². The molecule has 3 aliphatic rings. The van der Waals surface area contributed by atoms with E-state index in [1.807, 2.05) is 48.5 Å². The zero-order valence-electron chi connectivity index (χ0n) is 21.4. The Hall–Kier alpha value is -3.00. The van der Waals surface area contributed by atoms with Crippen molar-refractivity contribution in [1.82, 2.24) is 19.8 Å². The van der Waals surface area contributed by atoms with E-state index in [1.165, 1.54) is 19.3 Å². The number of hydrogen-bond donors (Lipinski definition) is 0. The van der Waals surface area contributed by atoms with Crippen molar-refractivity contribution >= 4 is 39.1 Å². The van der Waals surface area contributed by atoms with Gasteiger partial charge in [0.05, 0.1) is 18.3 Å². The molecule has 196 valence electrons. The van der Waals surface area contributed by atoms with Gasteiger partial charge in [-0.2, -0.15) is 9.97 Å². The number of anilines is 1. The first-order valence-electron chi connectivity index (χ1n) is 13.7. The van der Waals surface area contributed by atoms with Gasteiger partial charge in [-0.15, -0.1) is 0 Å². The maximum absolute atomic E-state index is 16.5. The molecule has 3 aromatic carbocycles. The average Bonchev–Trinajstić information content (AvgIpc) is 3.50. The van der Waals surface area contributed by atoms with E-state index in [2.05, 4.69) is 19.7 Å². The molecule has 0 spiro atoms. The van der Waals surface area contributed by atoms with Crippen LogP contribution in [0, 0.1) is 5.82 Å². The number of benzene rings is 3. The smallest absolute Gasteiger partial charge is 0.319 e. The van der Waals surface area contributed by atoms with Crippen LogP contribution in [0.15, 0.2) is 48.5 Å². The molecule has 1 aromatic heterocycles. The minimum absolute atomic E-state index is 0.230. The van der Waals surface area contributed by atoms with E-state index in [0.29, 0.717) is 34.4 Å². The van der Waals surface area contributed by atoms with E-state index in [4.69, 9.17) is 21.3 Å². The van der Waals surface area contributed by atoms with Gasteiger partial charge in [0.2, 0.25) is 0 Å². The number of nitrogens with zero attached hydrogens (tertiary/aromatic N) is 5. The Labute approximate surface area is 227 Å². The van der Waals surface area contributed by atoms with Crippen LogP contribution in [0.4, 0.5) is 10.2 Å². The molecule has 0 N–H and O–H groups in total. The van der Waals surface area contributed by atoms with E-state index >= 15 is 4.39 Å². The van der Waals surface area contributed by atoms with Gasteiger partial charge in [-0.3, -0.25) is 4.90 Å². The van der Waals surface area contributed by atoms with Gasteiger partial charge in [-0.1, -0.05) is 54.1 Å². The summed E-state index contributed by atoms with van der Waals surface area (Å²) in [4.78, 5) is 16.6. The minimum atomic E-state index is -0.433. The van der Waals surface area contributed by atoms with Crippen LogP contribution in [0.2, 0.25) is 5.02 Å². The Bertz CT molecular complexity index is 1490. The van der Waals surface area contributed by atoms with Crippen molar-refractivity contribution in [2.45, 2.75) is 31.7 Å². The fourth-order valence-electron chi connectivity index (χ4n) is 6.19. The summed E-state index contributed by atoms with van der Waals surface area (Å²) in [5.41, 5.74) is 1.38. The lowest BCUT2D eigenvalue weighted by Gasteiger charge is -2.30. The van der Waals surface area contributed by atoms with Gasteiger partial charge in [0.25, 0.3) is 0 Å². The summed E-state index contributed by atoms with van der Waals surface area (Å²) < 4.78 is 22.5. The number of fused-ring (bicyclic) bond motifs is 3. The number of likely N-dealkylation sites (tertiary alicyclic amines) is 1. The normalized spacial score (nSPS) is 19.8. The lowest BCUT2D eigenvalue weighted by Crippen LogP contribution is -2.38. The fraction of sp³-hybridized carbons (Fsp3) is 0.400. The topological polar surface area (TPSA) is 44.7 Å². The molecule has 8 heteroatoms. The molecule has 1 atom stereocenters. The molecule has 0 aliphatic carbocycles. The summed E-state index contributed by atoms with van der Waals surface area (Å²) in [5.74, 6) is 0.269. The van der Waals surface area contributed by atoms with E-state index in [0.717, 1.165) is 62.1 Å². The molecule has 3 fully saturated rings. The van der Waals surface area contributed by atoms with Gasteiger partial charge >= 0.3 is 6.01 Å². The third-order valence-corrected chi connectivity index (χ3v) is 8.58. The standard InChI is InChI=1S/C30H31ClFN5O/c31-25-17-24-28(27(32)26(25)23-11-3-8-20-7-1-2-10-22(20)23)33-30(38-16-6-14-35-12-5-13-35)34-29(24)37-18-21-9-4-15-36(21)19-37/h1-3,7-8,10-11,17,21H,4-6,9,12-16,18-19H2. The first-order valence-corrected chi connectivity index (χ1v) is 14.1. The van der Waals surface area contributed by atoms with Crippen LogP contribution in [0.25, 0.3) is 32.8 Å². The van der Waals surface area contributed by atoms with Gasteiger partial charge in [0.1, 0.15) is 11.3 Å². The summed E-state index contributed by atoms with van der Waals surface area (Å²) in [5, 5.41) is 2.98. The first-order chi connectivity index (χ1) is 18.7. The van der Waals surface area contributed by atoms with Crippen molar-refractivity contribution in [1.29, 1.82) is 0 Å². The Kier molecular flexibility index (Phi) is 6.30. The maximum atomic E-state index is 16.5. The van der Waals surface area contributed by atoms with Gasteiger partial charge < -0.3 is 14.5 Å². The van der Waals surface area contributed by atoms with E-state index in [9.17, 15) is 0 Å². The molecule has 4 aromatic rings. The van der Waals surface area contributed by atoms with Crippen LogP contribution in [0.3, 0.4) is 0 Å². The fourth-order valence-corrected chi connectivity index (χ4v) is 6.48. The third-order valence-electron chi connectivity index (χ3n) is 8.28. The van der Waals surface area contributed by atoms with E-state index in [1.54, 1.807) is 0 Å². The van der Waals surface area contributed by atoms with Gasteiger partial charge in [0, 0.05) is 36.6 Å². The zero-order chi connectivity index (χ0) is 25.6. The highest BCUT2D eigenvalue weighted by atomic mass is 35.5. The summed E-state index contributed by atoms with van der Waals surface area (Å²) in [6, 6.07) is 16.4. The van der Waals surface area contributed by atoms with Crippen molar-refractivity contribution in [3.8, 4) is 17.1 Å². The monoisotopic (exact) mass is 531 g/mol. The summed E-state index contributed by atoms with van der Waals surface area (Å²) in [7, 11) is 0. The van der Waals surface area contributed by atoms with Crippen LogP contribution in [0.1, 0.15) is 25.7 Å². The number of aromatic nitrogens is 2. The Morgan fingerprint density at radius 2 is 1.87 bits per heavy atom. The molecule has 0 bridgehead atoms. The SMILES string of the molecule is Fc1c(-c2cccc3ccccc23)c(Cl)cc2c(N3CC4CCCN4C3)nc(OCCCN3CCC3)nc12. The molecule has 3 aliphatic heterocycles. The van der Waals surface area contributed by atoms with Gasteiger partial charge in [-0.05, 0) is 61.2 Å². The molecule has 0 saturated carbocycles. The lowest BCUT2D eigenvalue weighted by atomic mass is 9.96. The second-order valence-corrected chi connectivity index (χ2v) is 11.1. The minimum Gasteiger partial charge on any atom is -0.463 e. The largest absolute Gasteiger partial charge is 0.463 e. The predicted octanol–water partition coefficient (Wildman–Crippen LogP) is 5.96. The molecule has 0 amide bonds. The number of halogens is 2. The van der Waals surface area contributed by atoms with Crippen molar-refractivity contribution in [2.75, 3.05) is 50.9 Å². The van der Waals surface area contributed by atoms with Crippen LogP contribution >= 0.6 is 11.6 Å². The Balaban J connectivity index is 1.31. The molecular formula is C30H31ClFN5O. The summed E-state index contributed by atoms with van der Waals surface area (Å²) in [6.45, 7) is 6.54. The van der Waals surface area contributed by atoms with E-state index in [-0.39, 0.29) is 11.5 Å². The maximum Gasteiger partial charge on any atom is 0.319 e. The second kappa shape index (κ2) is 9.95. The molecule has 6 nitrogen and oxygen atoms in total. The van der Waals surface area contributed by atoms with Crippen LogP contribution in [0.5, 0.6) is 6.01 Å². The average molecular weight is 532 g/mol. The number of rotatable bonds is 7. The summed E-state index contributed by atoms with van der Waals surface area (Å²) in [6.07, 6.45) is 4.57. The molecule has 4 heterocycles. The lowest BCUT2D eigenvalue weighted by molar-refractivity contribution is 0.163. The molecule has 7 rings (SSSR count). The Morgan fingerprint density at radius 1 is 1.00 bits per heavy atom. The quantitative estimate of drug-likeness (QED) is 0.274. The molecule has 3 saturated heterocycles. The number of hydrogen-bond acceptors (Lipinski definition) is 6. The third kappa shape index (κ3) is 4.27. The van der Waals surface area contributed by atoms with Crippen molar-refractivity contribution in [3.05, 3.63) is 59.4 Å². The molecular weight excluding hydrogens is 501 g/mol. The van der Waals surface area contributed by atoms with Crippen LogP contribution in [-0.2, 0) is 0 Å². The first kappa shape index (κ1) is 24.1. The van der Waals surface area contributed by atoms with Crippen LogP contribution < -0.4 is 9.64 Å². The Morgan fingerprint density at radius 3 is 2.71 bits per heavy atom. The van der Waals surface area contributed by atoms with Gasteiger partial charge in [0.15, 0.2) is 5.82 Å². The number of ether oxygens (including phenoxy) is 1. The van der Waals surface area contributed by atoms with Crippen molar-refractivity contribution in [2.24, 2.45) is 0 Å². The molecule has 0 radical (unpaired) electrons. The molecule has 1 unspecified atom stereocenters.